The van der Waals surface area contributed by atoms with Gasteiger partial charge in [-0.2, -0.15) is 5.10 Å². The Bertz CT molecular complexity index is 384. The molecule has 2 rings (SSSR count). The summed E-state index contributed by atoms with van der Waals surface area (Å²) >= 11 is 0. The zero-order valence-corrected chi connectivity index (χ0v) is 9.04. The minimum atomic E-state index is -0.273. The monoisotopic (exact) mass is 209 g/mol. The van der Waals surface area contributed by atoms with E-state index in [4.69, 9.17) is 4.74 Å². The number of rotatable bonds is 3. The van der Waals surface area contributed by atoms with Crippen molar-refractivity contribution >= 4 is 11.8 Å². The van der Waals surface area contributed by atoms with Gasteiger partial charge in [0.05, 0.1) is 18.8 Å². The van der Waals surface area contributed by atoms with E-state index in [1.807, 2.05) is 11.6 Å². The minimum Gasteiger partial charge on any atom is -0.462 e. The number of aromatic nitrogens is 2. The van der Waals surface area contributed by atoms with Gasteiger partial charge in [-0.05, 0) is 13.3 Å². The molecule has 0 atom stereocenters. The van der Waals surface area contributed by atoms with E-state index >= 15 is 0 Å². The van der Waals surface area contributed by atoms with E-state index in [1.165, 1.54) is 0 Å². The van der Waals surface area contributed by atoms with E-state index < -0.39 is 0 Å². The van der Waals surface area contributed by atoms with Crippen molar-refractivity contribution in [2.75, 3.05) is 18.5 Å². The van der Waals surface area contributed by atoms with Gasteiger partial charge < -0.3 is 10.1 Å². The molecule has 0 saturated carbocycles. The Labute approximate surface area is 88.4 Å². The third kappa shape index (κ3) is 1.58. The summed E-state index contributed by atoms with van der Waals surface area (Å²) in [7, 11) is 0. The first-order chi connectivity index (χ1) is 7.27. The number of carbonyl (C=O) groups excluding carboxylic acids is 1. The highest BCUT2D eigenvalue weighted by molar-refractivity contribution is 5.96. The molecule has 0 aromatic carbocycles. The highest BCUT2D eigenvalue weighted by Gasteiger charge is 2.26. The van der Waals surface area contributed by atoms with E-state index in [0.717, 1.165) is 31.0 Å². The summed E-state index contributed by atoms with van der Waals surface area (Å²) in [5.74, 6) is 0.537. The normalized spacial score (nSPS) is 13.5. The van der Waals surface area contributed by atoms with Crippen molar-refractivity contribution < 1.29 is 9.53 Å². The lowest BCUT2D eigenvalue weighted by Gasteiger charge is -2.03. The highest BCUT2D eigenvalue weighted by atomic mass is 16.5. The molecule has 1 aliphatic rings. The molecule has 0 saturated heterocycles. The average molecular weight is 209 g/mol. The van der Waals surface area contributed by atoms with Crippen LogP contribution in [0.5, 0.6) is 0 Å². The topological polar surface area (TPSA) is 56.1 Å². The van der Waals surface area contributed by atoms with Crippen LogP contribution in [0.3, 0.4) is 0 Å². The number of hydrogen-bond donors (Lipinski definition) is 1. The quantitative estimate of drug-likeness (QED) is 0.756. The lowest BCUT2D eigenvalue weighted by Crippen LogP contribution is -2.09. The molecule has 1 aromatic heterocycles. The number of carbonyl (C=O) groups is 1. The van der Waals surface area contributed by atoms with Crippen molar-refractivity contribution in [3.8, 4) is 0 Å². The number of ether oxygens (including phenoxy) is 1. The van der Waals surface area contributed by atoms with Gasteiger partial charge in [0.1, 0.15) is 11.4 Å². The predicted octanol–water partition coefficient (Wildman–Crippen LogP) is 1.05. The van der Waals surface area contributed by atoms with Crippen LogP contribution in [-0.4, -0.2) is 28.9 Å². The van der Waals surface area contributed by atoms with E-state index in [-0.39, 0.29) is 5.97 Å². The Morgan fingerprint density at radius 3 is 3.07 bits per heavy atom. The SMILES string of the molecule is CCOC(=O)c1c(CC)nn2c1NCC2. The van der Waals surface area contributed by atoms with Crippen LogP contribution >= 0.6 is 0 Å². The second kappa shape index (κ2) is 3.92. The lowest BCUT2D eigenvalue weighted by molar-refractivity contribution is 0.0526. The molecular formula is C10H15N3O2. The molecule has 0 radical (unpaired) electrons. The molecule has 1 aliphatic heterocycles. The minimum absolute atomic E-state index is 0.273. The molecule has 0 bridgehead atoms. The van der Waals surface area contributed by atoms with Gasteiger partial charge in [0, 0.05) is 6.54 Å². The van der Waals surface area contributed by atoms with E-state index in [9.17, 15) is 4.79 Å². The second-order valence-corrected chi connectivity index (χ2v) is 3.39. The summed E-state index contributed by atoms with van der Waals surface area (Å²) in [6.07, 6.45) is 0.746. The van der Waals surface area contributed by atoms with Gasteiger partial charge in [0.15, 0.2) is 0 Å². The lowest BCUT2D eigenvalue weighted by atomic mass is 10.2. The van der Waals surface area contributed by atoms with Gasteiger partial charge >= 0.3 is 5.97 Å². The van der Waals surface area contributed by atoms with Crippen LogP contribution in [0.25, 0.3) is 0 Å². The molecule has 0 unspecified atom stereocenters. The number of hydrogen-bond acceptors (Lipinski definition) is 4. The van der Waals surface area contributed by atoms with Crippen LogP contribution in [0.15, 0.2) is 0 Å². The number of aryl methyl sites for hydroxylation is 1. The zero-order chi connectivity index (χ0) is 10.8. The van der Waals surface area contributed by atoms with Crippen LogP contribution in [0.4, 0.5) is 5.82 Å². The van der Waals surface area contributed by atoms with Gasteiger partial charge in [-0.15, -0.1) is 0 Å². The Hall–Kier alpha value is -1.52. The summed E-state index contributed by atoms with van der Waals surface area (Å²) in [6.45, 7) is 5.84. The first kappa shape index (κ1) is 10.0. The maximum atomic E-state index is 11.7. The smallest absolute Gasteiger partial charge is 0.343 e. The summed E-state index contributed by atoms with van der Waals surface area (Å²) in [5, 5.41) is 7.53. The fourth-order valence-corrected chi connectivity index (χ4v) is 1.80. The Balaban J connectivity index is 2.39. The van der Waals surface area contributed by atoms with Crippen LogP contribution in [0, 0.1) is 0 Å². The maximum absolute atomic E-state index is 11.7. The van der Waals surface area contributed by atoms with Crippen LogP contribution < -0.4 is 5.32 Å². The molecule has 5 nitrogen and oxygen atoms in total. The fourth-order valence-electron chi connectivity index (χ4n) is 1.80. The largest absolute Gasteiger partial charge is 0.462 e. The maximum Gasteiger partial charge on any atom is 0.343 e. The predicted molar refractivity (Wildman–Crippen MR) is 56.1 cm³/mol. The zero-order valence-electron chi connectivity index (χ0n) is 9.04. The van der Waals surface area contributed by atoms with Gasteiger partial charge in [-0.1, -0.05) is 6.92 Å². The van der Waals surface area contributed by atoms with Crippen molar-refractivity contribution in [2.24, 2.45) is 0 Å². The number of nitrogens with one attached hydrogen (secondary N) is 1. The molecule has 0 aliphatic carbocycles. The number of nitrogens with zero attached hydrogens (tertiary/aromatic N) is 2. The van der Waals surface area contributed by atoms with Crippen molar-refractivity contribution in [2.45, 2.75) is 26.8 Å². The third-order valence-electron chi connectivity index (χ3n) is 2.46. The third-order valence-corrected chi connectivity index (χ3v) is 2.46. The molecule has 0 amide bonds. The van der Waals surface area contributed by atoms with E-state index in [0.29, 0.717) is 12.2 Å². The van der Waals surface area contributed by atoms with E-state index in [2.05, 4.69) is 10.4 Å². The molecule has 1 aromatic rings. The van der Waals surface area contributed by atoms with Gasteiger partial charge in [-0.3, -0.25) is 0 Å². The average Bonchev–Trinajstić information content (AvgIpc) is 2.75. The van der Waals surface area contributed by atoms with Crippen molar-refractivity contribution in [1.29, 1.82) is 0 Å². The molecule has 0 spiro atoms. The number of esters is 1. The van der Waals surface area contributed by atoms with Gasteiger partial charge in [0.2, 0.25) is 0 Å². The van der Waals surface area contributed by atoms with Crippen LogP contribution in [0.2, 0.25) is 0 Å². The summed E-state index contributed by atoms with van der Waals surface area (Å²) in [4.78, 5) is 11.7. The Morgan fingerprint density at radius 1 is 1.60 bits per heavy atom. The van der Waals surface area contributed by atoms with E-state index in [1.54, 1.807) is 6.92 Å². The molecule has 2 heterocycles. The first-order valence-corrected chi connectivity index (χ1v) is 5.28. The van der Waals surface area contributed by atoms with Gasteiger partial charge in [0.25, 0.3) is 0 Å². The van der Waals surface area contributed by atoms with Crippen molar-refractivity contribution in [3.63, 3.8) is 0 Å². The molecule has 5 heteroatoms. The van der Waals surface area contributed by atoms with Crippen molar-refractivity contribution in [3.05, 3.63) is 11.3 Å². The summed E-state index contributed by atoms with van der Waals surface area (Å²) < 4.78 is 6.86. The van der Waals surface area contributed by atoms with Crippen molar-refractivity contribution in [1.82, 2.24) is 9.78 Å². The summed E-state index contributed by atoms with van der Waals surface area (Å²) in [5.41, 5.74) is 1.42. The van der Waals surface area contributed by atoms with Crippen LogP contribution in [0.1, 0.15) is 29.9 Å². The molecule has 0 fully saturated rings. The molecule has 82 valence electrons. The molecule has 1 N–H and O–H groups in total. The molecule has 15 heavy (non-hydrogen) atoms. The number of anilines is 1. The highest BCUT2D eigenvalue weighted by Crippen LogP contribution is 2.24. The second-order valence-electron chi connectivity index (χ2n) is 3.39. The Kier molecular flexibility index (Phi) is 2.62. The first-order valence-electron chi connectivity index (χ1n) is 5.28. The Morgan fingerprint density at radius 2 is 2.40 bits per heavy atom. The fraction of sp³-hybridized carbons (Fsp3) is 0.600. The van der Waals surface area contributed by atoms with Gasteiger partial charge in [-0.25, -0.2) is 9.48 Å². The molecular weight excluding hydrogens is 194 g/mol. The van der Waals surface area contributed by atoms with Crippen LogP contribution in [-0.2, 0) is 17.7 Å². The standard InChI is InChI=1S/C10H15N3O2/c1-3-7-8(10(14)15-4-2)9-11-5-6-13(9)12-7/h11H,3-6H2,1-2H3. The summed E-state index contributed by atoms with van der Waals surface area (Å²) in [6, 6.07) is 0. The number of fused-ring (bicyclic) bond motifs is 1.